The molecule has 0 radical (unpaired) electrons. The molecule has 0 aliphatic rings. The number of fused-ring (bicyclic) bond motifs is 5. The van der Waals surface area contributed by atoms with E-state index in [0.717, 1.165) is 82.0 Å². The molecule has 11 aromatic rings. The molecule has 0 bridgehead atoms. The summed E-state index contributed by atoms with van der Waals surface area (Å²) in [7, 11) is 0. The van der Waals surface area contributed by atoms with Crippen LogP contribution >= 0.6 is 0 Å². The van der Waals surface area contributed by atoms with Gasteiger partial charge in [0.05, 0.1) is 0 Å². The Morgan fingerprint density at radius 2 is 0.960 bits per heavy atom. The third kappa shape index (κ3) is 4.09. The predicted octanol–water partition coefficient (Wildman–Crippen LogP) is 11.5. The van der Waals surface area contributed by atoms with E-state index in [1.165, 1.54) is 0 Å². The van der Waals surface area contributed by atoms with Gasteiger partial charge in [-0.1, -0.05) is 103 Å². The first-order chi connectivity index (χ1) is 24.7. The monoisotopic (exact) mass is 640 g/mol. The molecule has 0 aliphatic carbocycles. The topological polar surface area (TPSA) is 77.8 Å². The Kier molecular flexibility index (Phi) is 5.57. The molecule has 50 heavy (non-hydrogen) atoms. The Bertz CT molecular complexity index is 3010. The van der Waals surface area contributed by atoms with Gasteiger partial charge in [-0.25, -0.2) is 19.9 Å². The summed E-state index contributed by atoms with van der Waals surface area (Å²) in [6.07, 6.45) is 0. The molecular formula is C44H24N4O2. The van der Waals surface area contributed by atoms with Crippen LogP contribution in [0.4, 0.5) is 0 Å². The maximum absolute atomic E-state index is 6.59. The molecule has 0 fully saturated rings. The van der Waals surface area contributed by atoms with Gasteiger partial charge in [0.25, 0.3) is 0 Å². The normalized spacial score (nSPS) is 12.0. The third-order valence-corrected chi connectivity index (χ3v) is 9.65. The molecule has 6 heteroatoms. The van der Waals surface area contributed by atoms with Crippen LogP contribution in [0.2, 0.25) is 0 Å². The largest absolute Gasteiger partial charge is 0.456 e. The molecule has 0 aliphatic heterocycles. The first-order valence-corrected chi connectivity index (χ1v) is 16.5. The second-order valence-corrected chi connectivity index (χ2v) is 12.7. The molecule has 3 heterocycles. The molecule has 11 rings (SSSR count). The van der Waals surface area contributed by atoms with E-state index in [1.54, 1.807) is 0 Å². The average Bonchev–Trinajstić information content (AvgIpc) is 3.81. The van der Waals surface area contributed by atoms with Gasteiger partial charge in [-0.3, -0.25) is 0 Å². The summed E-state index contributed by atoms with van der Waals surface area (Å²) in [6.45, 7) is 0. The Morgan fingerprint density at radius 1 is 0.360 bits per heavy atom. The minimum Gasteiger partial charge on any atom is -0.456 e. The number of aromatic nitrogens is 4. The molecule has 232 valence electrons. The van der Waals surface area contributed by atoms with Crippen molar-refractivity contribution in [2.24, 2.45) is 0 Å². The molecular weight excluding hydrogens is 617 g/mol. The summed E-state index contributed by atoms with van der Waals surface area (Å²) >= 11 is 0. The molecule has 8 aromatic carbocycles. The minimum atomic E-state index is 0.542. The van der Waals surface area contributed by atoms with Crippen molar-refractivity contribution in [2.45, 2.75) is 0 Å². The van der Waals surface area contributed by atoms with Crippen molar-refractivity contribution in [1.82, 2.24) is 19.9 Å². The van der Waals surface area contributed by atoms with Crippen LogP contribution in [0.15, 0.2) is 154 Å². The highest BCUT2D eigenvalue weighted by Gasteiger charge is 2.24. The number of benzene rings is 8. The summed E-state index contributed by atoms with van der Waals surface area (Å²) < 4.78 is 13.1. The van der Waals surface area contributed by atoms with Crippen LogP contribution in [0.3, 0.4) is 0 Å². The van der Waals surface area contributed by atoms with Crippen molar-refractivity contribution in [3.8, 4) is 45.6 Å². The summed E-state index contributed by atoms with van der Waals surface area (Å²) in [4.78, 5) is 20.3. The summed E-state index contributed by atoms with van der Waals surface area (Å²) in [5, 5.41) is 8.50. The van der Waals surface area contributed by atoms with E-state index in [0.29, 0.717) is 28.9 Å². The van der Waals surface area contributed by atoms with Gasteiger partial charge in [0.15, 0.2) is 23.1 Å². The number of furan rings is 1. The Hall–Kier alpha value is -6.92. The lowest BCUT2D eigenvalue weighted by atomic mass is 9.98. The van der Waals surface area contributed by atoms with Crippen LogP contribution in [-0.2, 0) is 0 Å². The highest BCUT2D eigenvalue weighted by atomic mass is 16.3. The predicted molar refractivity (Wildman–Crippen MR) is 200 cm³/mol. The van der Waals surface area contributed by atoms with Crippen LogP contribution < -0.4 is 0 Å². The lowest BCUT2D eigenvalue weighted by Crippen LogP contribution is -2.00. The second kappa shape index (κ2) is 10.3. The number of oxazole rings is 1. The molecule has 0 N–H and O–H groups in total. The van der Waals surface area contributed by atoms with E-state index in [-0.39, 0.29) is 0 Å². The number of hydrogen-bond acceptors (Lipinski definition) is 6. The molecule has 6 nitrogen and oxygen atoms in total. The van der Waals surface area contributed by atoms with Gasteiger partial charge in [0.1, 0.15) is 16.7 Å². The Labute approximate surface area is 284 Å². The molecule has 0 amide bonds. The van der Waals surface area contributed by atoms with Crippen molar-refractivity contribution >= 4 is 65.4 Å². The van der Waals surface area contributed by atoms with Crippen LogP contribution in [0.25, 0.3) is 111 Å². The van der Waals surface area contributed by atoms with Crippen molar-refractivity contribution in [3.63, 3.8) is 0 Å². The van der Waals surface area contributed by atoms with Gasteiger partial charge >= 0.3 is 0 Å². The van der Waals surface area contributed by atoms with Crippen LogP contribution in [0, 0.1) is 0 Å². The lowest BCUT2D eigenvalue weighted by Gasteiger charge is -2.10. The zero-order valence-corrected chi connectivity index (χ0v) is 26.5. The lowest BCUT2D eigenvalue weighted by molar-refractivity contribution is 0.623. The van der Waals surface area contributed by atoms with E-state index in [1.807, 2.05) is 72.8 Å². The number of nitrogens with zero attached hydrogens (tertiary/aromatic N) is 4. The molecule has 0 unspecified atom stereocenters. The quantitative estimate of drug-likeness (QED) is 0.178. The van der Waals surface area contributed by atoms with Gasteiger partial charge in [-0.05, 0) is 64.0 Å². The van der Waals surface area contributed by atoms with Crippen LogP contribution in [0.1, 0.15) is 0 Å². The van der Waals surface area contributed by atoms with Crippen molar-refractivity contribution in [1.29, 1.82) is 0 Å². The highest BCUT2D eigenvalue weighted by Crippen LogP contribution is 2.45. The van der Waals surface area contributed by atoms with E-state index in [9.17, 15) is 0 Å². The SMILES string of the molecule is c1ccc(-c2nc3c4cccc5oc6cc(-c7nc(-c8ccc9ccccc9c8)nc(-c8ccc9ccccc9c8)n7)cc(c3o2)c6c54)cc1. The standard InChI is InChI=1S/C44H24N4O2/c1-2-11-27(12-3-1)44-45-39-33-15-8-16-35-37(33)38-34(40(39)50-44)23-32(24-36(38)49-35)43-47-41(30-19-17-25-9-4-6-13-28(25)21-30)46-42(48-43)31-20-18-26-10-5-7-14-29(26)22-31/h1-24H. The maximum Gasteiger partial charge on any atom is 0.227 e. The molecule has 0 spiro atoms. The van der Waals surface area contributed by atoms with E-state index in [2.05, 4.69) is 72.8 Å². The zero-order valence-electron chi connectivity index (χ0n) is 26.5. The summed E-state index contributed by atoms with van der Waals surface area (Å²) in [5.74, 6) is 2.30. The molecule has 3 aromatic heterocycles. The zero-order chi connectivity index (χ0) is 32.8. The van der Waals surface area contributed by atoms with E-state index >= 15 is 0 Å². The van der Waals surface area contributed by atoms with Gasteiger partial charge in [-0.2, -0.15) is 0 Å². The first kappa shape index (κ1) is 27.1. The molecule has 0 saturated heterocycles. The molecule has 0 atom stereocenters. The molecule has 0 saturated carbocycles. The van der Waals surface area contributed by atoms with Gasteiger partial charge in [-0.15, -0.1) is 0 Å². The van der Waals surface area contributed by atoms with Crippen LogP contribution in [0.5, 0.6) is 0 Å². The minimum absolute atomic E-state index is 0.542. The Balaban J connectivity index is 1.18. The van der Waals surface area contributed by atoms with E-state index in [4.69, 9.17) is 28.8 Å². The summed E-state index contributed by atoms with van der Waals surface area (Å²) in [6, 6.07) is 49.5. The fraction of sp³-hybridized carbons (Fsp3) is 0. The fourth-order valence-electron chi connectivity index (χ4n) is 7.26. The maximum atomic E-state index is 6.59. The van der Waals surface area contributed by atoms with Gasteiger partial charge in [0.2, 0.25) is 5.89 Å². The number of hydrogen-bond donors (Lipinski definition) is 0. The van der Waals surface area contributed by atoms with Crippen molar-refractivity contribution in [3.05, 3.63) is 146 Å². The van der Waals surface area contributed by atoms with Gasteiger partial charge in [0, 0.05) is 43.8 Å². The summed E-state index contributed by atoms with van der Waals surface area (Å²) in [5.41, 5.74) is 6.58. The van der Waals surface area contributed by atoms with Crippen molar-refractivity contribution < 1.29 is 8.83 Å². The fourth-order valence-corrected chi connectivity index (χ4v) is 7.26. The first-order valence-electron chi connectivity index (χ1n) is 16.5. The smallest absolute Gasteiger partial charge is 0.227 e. The highest BCUT2D eigenvalue weighted by molar-refractivity contribution is 6.31. The second-order valence-electron chi connectivity index (χ2n) is 12.7. The third-order valence-electron chi connectivity index (χ3n) is 9.65. The van der Waals surface area contributed by atoms with Crippen LogP contribution in [-0.4, -0.2) is 19.9 Å². The number of rotatable bonds is 4. The van der Waals surface area contributed by atoms with Gasteiger partial charge < -0.3 is 8.83 Å². The average molecular weight is 641 g/mol. The van der Waals surface area contributed by atoms with Crippen molar-refractivity contribution in [2.75, 3.05) is 0 Å². The Morgan fingerprint density at radius 3 is 1.64 bits per heavy atom. The van der Waals surface area contributed by atoms with E-state index < -0.39 is 0 Å².